The maximum atomic E-state index is 11.7. The molecular weight excluding hydrogens is 304 g/mol. The molecule has 0 aromatic heterocycles. The SMILES string of the molecule is N=C1SC2CS(=O)(=O)CC2N1Cc1ccc(Cl)cc1. The number of nitrogens with one attached hydrogen (secondary N) is 1. The lowest BCUT2D eigenvalue weighted by Gasteiger charge is -2.23. The standard InChI is InChI=1S/C12H13ClN2O2S2/c13-9-3-1-8(2-4-9)5-15-10-6-19(16,17)7-11(10)18-12(15)14/h1-4,10-11,14H,5-7H2. The molecular formula is C12H13ClN2O2S2. The third-order valence-electron chi connectivity index (χ3n) is 3.46. The van der Waals surface area contributed by atoms with Crippen LogP contribution in [-0.4, -0.2) is 41.3 Å². The second kappa shape index (κ2) is 4.68. The summed E-state index contributed by atoms with van der Waals surface area (Å²) in [6.45, 7) is 0.569. The Hall–Kier alpha value is -0.720. The Kier molecular flexibility index (Phi) is 3.27. The van der Waals surface area contributed by atoms with E-state index in [0.29, 0.717) is 16.7 Å². The van der Waals surface area contributed by atoms with Crippen LogP contribution >= 0.6 is 23.4 Å². The van der Waals surface area contributed by atoms with E-state index in [4.69, 9.17) is 17.0 Å². The first-order chi connectivity index (χ1) is 8.94. The first-order valence-electron chi connectivity index (χ1n) is 5.91. The van der Waals surface area contributed by atoms with E-state index in [0.717, 1.165) is 5.56 Å². The summed E-state index contributed by atoms with van der Waals surface area (Å²) in [7, 11) is -2.94. The summed E-state index contributed by atoms with van der Waals surface area (Å²) in [6, 6.07) is 7.39. The minimum Gasteiger partial charge on any atom is -0.342 e. The molecule has 1 aromatic carbocycles. The predicted octanol–water partition coefficient (Wildman–Crippen LogP) is 1.99. The summed E-state index contributed by atoms with van der Waals surface area (Å²) < 4.78 is 23.3. The van der Waals surface area contributed by atoms with E-state index in [1.54, 1.807) is 0 Å². The summed E-state index contributed by atoms with van der Waals surface area (Å²) in [5.74, 6) is 0.364. The highest BCUT2D eigenvalue weighted by Crippen LogP contribution is 2.38. The van der Waals surface area contributed by atoms with Gasteiger partial charge in [-0.25, -0.2) is 8.42 Å². The van der Waals surface area contributed by atoms with E-state index in [2.05, 4.69) is 0 Å². The fourth-order valence-corrected chi connectivity index (χ4v) is 6.49. The van der Waals surface area contributed by atoms with Crippen LogP contribution in [0, 0.1) is 5.41 Å². The summed E-state index contributed by atoms with van der Waals surface area (Å²) in [5, 5.41) is 9.16. The van der Waals surface area contributed by atoms with Gasteiger partial charge in [0.2, 0.25) is 0 Å². The molecule has 4 nitrogen and oxygen atoms in total. The molecule has 1 N–H and O–H groups in total. The van der Waals surface area contributed by atoms with Gasteiger partial charge in [-0.1, -0.05) is 35.5 Å². The number of rotatable bonds is 2. The second-order valence-corrected chi connectivity index (χ2v) is 8.68. The molecule has 0 amide bonds. The minimum atomic E-state index is -2.94. The Balaban J connectivity index is 1.80. The molecule has 2 saturated heterocycles. The van der Waals surface area contributed by atoms with Crippen LogP contribution in [0.4, 0.5) is 0 Å². The predicted molar refractivity (Wildman–Crippen MR) is 78.5 cm³/mol. The highest BCUT2D eigenvalue weighted by atomic mass is 35.5. The number of benzene rings is 1. The molecule has 0 aliphatic carbocycles. The van der Waals surface area contributed by atoms with Crippen LogP contribution in [0.5, 0.6) is 0 Å². The fourth-order valence-electron chi connectivity index (χ4n) is 2.54. The molecule has 2 aliphatic heterocycles. The van der Waals surface area contributed by atoms with Gasteiger partial charge in [0, 0.05) is 16.8 Å². The molecule has 0 saturated carbocycles. The lowest BCUT2D eigenvalue weighted by atomic mass is 10.1. The minimum absolute atomic E-state index is 0.0183. The Morgan fingerprint density at radius 3 is 2.68 bits per heavy atom. The summed E-state index contributed by atoms with van der Waals surface area (Å²) in [6.07, 6.45) is 0. The summed E-state index contributed by atoms with van der Waals surface area (Å²) in [5.41, 5.74) is 1.04. The zero-order chi connectivity index (χ0) is 13.6. The monoisotopic (exact) mass is 316 g/mol. The number of hydrogen-bond donors (Lipinski definition) is 1. The molecule has 2 aliphatic rings. The molecule has 2 atom stereocenters. The maximum absolute atomic E-state index is 11.7. The lowest BCUT2D eigenvalue weighted by Crippen LogP contribution is -2.36. The van der Waals surface area contributed by atoms with Crippen molar-refractivity contribution in [1.29, 1.82) is 5.41 Å². The van der Waals surface area contributed by atoms with Crippen molar-refractivity contribution in [3.63, 3.8) is 0 Å². The van der Waals surface area contributed by atoms with Gasteiger partial charge in [0.1, 0.15) is 0 Å². The van der Waals surface area contributed by atoms with Crippen molar-refractivity contribution >= 4 is 38.4 Å². The van der Waals surface area contributed by atoms with Gasteiger partial charge in [-0.05, 0) is 17.7 Å². The van der Waals surface area contributed by atoms with Gasteiger partial charge in [-0.15, -0.1) is 0 Å². The van der Waals surface area contributed by atoms with Gasteiger partial charge >= 0.3 is 0 Å². The van der Waals surface area contributed by atoms with Crippen LogP contribution in [0.1, 0.15) is 5.56 Å². The van der Waals surface area contributed by atoms with Gasteiger partial charge < -0.3 is 4.90 Å². The molecule has 0 radical (unpaired) electrons. The Labute approximate surface area is 121 Å². The first-order valence-corrected chi connectivity index (χ1v) is 8.99. The normalized spacial score (nSPS) is 28.7. The topological polar surface area (TPSA) is 61.2 Å². The molecule has 3 rings (SSSR count). The molecule has 0 spiro atoms. The third kappa shape index (κ3) is 2.61. The van der Waals surface area contributed by atoms with Crippen molar-refractivity contribution in [1.82, 2.24) is 4.90 Å². The first kappa shape index (κ1) is 13.3. The van der Waals surface area contributed by atoms with E-state index in [-0.39, 0.29) is 22.8 Å². The van der Waals surface area contributed by atoms with E-state index >= 15 is 0 Å². The van der Waals surface area contributed by atoms with E-state index in [9.17, 15) is 8.42 Å². The highest BCUT2D eigenvalue weighted by Gasteiger charge is 2.47. The van der Waals surface area contributed by atoms with Crippen molar-refractivity contribution in [3.05, 3.63) is 34.9 Å². The van der Waals surface area contributed by atoms with Gasteiger partial charge in [-0.3, -0.25) is 5.41 Å². The molecule has 19 heavy (non-hydrogen) atoms. The quantitative estimate of drug-likeness (QED) is 0.906. The summed E-state index contributed by atoms with van der Waals surface area (Å²) >= 11 is 7.22. The van der Waals surface area contributed by atoms with Crippen molar-refractivity contribution in [2.75, 3.05) is 11.5 Å². The number of fused-ring (bicyclic) bond motifs is 1. The van der Waals surface area contributed by atoms with Crippen LogP contribution in [0.25, 0.3) is 0 Å². The largest absolute Gasteiger partial charge is 0.342 e. The Morgan fingerprint density at radius 2 is 2.00 bits per heavy atom. The van der Waals surface area contributed by atoms with E-state index in [1.807, 2.05) is 29.2 Å². The molecule has 2 heterocycles. The third-order valence-corrected chi connectivity index (χ3v) is 6.88. The van der Waals surface area contributed by atoms with Crippen molar-refractivity contribution in [2.24, 2.45) is 0 Å². The van der Waals surface area contributed by atoms with Crippen LogP contribution in [0.15, 0.2) is 24.3 Å². The van der Waals surface area contributed by atoms with Crippen LogP contribution in [0.3, 0.4) is 0 Å². The van der Waals surface area contributed by atoms with Crippen LogP contribution < -0.4 is 0 Å². The molecule has 2 unspecified atom stereocenters. The van der Waals surface area contributed by atoms with Crippen LogP contribution in [0.2, 0.25) is 5.02 Å². The average Bonchev–Trinajstić information content (AvgIpc) is 2.75. The molecule has 102 valence electrons. The molecule has 2 fully saturated rings. The average molecular weight is 317 g/mol. The number of sulfone groups is 1. The van der Waals surface area contributed by atoms with E-state index < -0.39 is 9.84 Å². The van der Waals surface area contributed by atoms with Crippen LogP contribution in [-0.2, 0) is 16.4 Å². The summed E-state index contributed by atoms with van der Waals surface area (Å²) in [4.78, 5) is 1.89. The highest BCUT2D eigenvalue weighted by molar-refractivity contribution is 8.15. The Morgan fingerprint density at radius 1 is 1.32 bits per heavy atom. The fraction of sp³-hybridized carbons (Fsp3) is 0.417. The van der Waals surface area contributed by atoms with Crippen molar-refractivity contribution in [3.8, 4) is 0 Å². The molecule has 1 aromatic rings. The van der Waals surface area contributed by atoms with Crippen molar-refractivity contribution in [2.45, 2.75) is 17.8 Å². The lowest BCUT2D eigenvalue weighted by molar-refractivity contribution is 0.349. The smallest absolute Gasteiger partial charge is 0.157 e. The number of thioether (sulfide) groups is 1. The van der Waals surface area contributed by atoms with Gasteiger partial charge in [0.25, 0.3) is 0 Å². The van der Waals surface area contributed by atoms with Gasteiger partial charge in [0.15, 0.2) is 15.0 Å². The number of amidine groups is 1. The molecule has 7 heteroatoms. The number of halogens is 1. The van der Waals surface area contributed by atoms with Gasteiger partial charge in [0.05, 0.1) is 17.5 Å². The number of hydrogen-bond acceptors (Lipinski definition) is 4. The number of nitrogens with zero attached hydrogens (tertiary/aromatic N) is 1. The molecule has 0 bridgehead atoms. The van der Waals surface area contributed by atoms with Crippen molar-refractivity contribution < 1.29 is 8.42 Å². The maximum Gasteiger partial charge on any atom is 0.157 e. The Bertz CT molecular complexity index is 615. The van der Waals surface area contributed by atoms with Gasteiger partial charge in [-0.2, -0.15) is 0 Å². The second-order valence-electron chi connectivity index (χ2n) is 4.86. The zero-order valence-corrected chi connectivity index (χ0v) is 12.4. The zero-order valence-electron chi connectivity index (χ0n) is 10.0. The van der Waals surface area contributed by atoms with E-state index in [1.165, 1.54) is 11.8 Å².